The van der Waals surface area contributed by atoms with Gasteiger partial charge in [0.1, 0.15) is 0 Å². The predicted octanol–water partition coefficient (Wildman–Crippen LogP) is 5.63. The molecule has 0 bridgehead atoms. The zero-order valence-corrected chi connectivity index (χ0v) is 19.0. The third-order valence-corrected chi connectivity index (χ3v) is 6.97. The smallest absolute Gasteiger partial charge is 0.324 e. The average molecular weight is 458 g/mol. The van der Waals surface area contributed by atoms with Crippen LogP contribution in [-0.2, 0) is 0 Å². The Bertz CT molecular complexity index is 1060. The quantitative estimate of drug-likeness (QED) is 0.507. The molecule has 3 aromatic rings. The van der Waals surface area contributed by atoms with E-state index in [9.17, 15) is 0 Å². The first kappa shape index (κ1) is 20.6. The van der Waals surface area contributed by atoms with Crippen molar-refractivity contribution < 1.29 is 4.52 Å². The third kappa shape index (κ3) is 4.37. The Labute approximate surface area is 192 Å². The van der Waals surface area contributed by atoms with Crippen molar-refractivity contribution in [2.24, 2.45) is 5.41 Å². The monoisotopic (exact) mass is 457 g/mol. The number of benzene rings is 1. The summed E-state index contributed by atoms with van der Waals surface area (Å²) >= 11 is 12.3. The summed E-state index contributed by atoms with van der Waals surface area (Å²) in [4.78, 5) is 13.7. The molecule has 2 aromatic heterocycles. The molecule has 1 aromatic carbocycles. The fraction of sp³-hybridized carbons (Fsp3) is 0.435. The molecule has 2 fully saturated rings. The van der Waals surface area contributed by atoms with Crippen LogP contribution in [-0.4, -0.2) is 41.3 Å². The SMILES string of the molecule is Cc1cc(N2CCC3(CCCN(c4nc(-c5cc(Cl)cc(Cl)c5)no4)C3)CC2)ccn1. The lowest BCUT2D eigenvalue weighted by atomic mass is 9.72. The normalized spacial score (nSPS) is 18.5. The van der Waals surface area contributed by atoms with E-state index in [0.29, 0.717) is 27.3 Å². The van der Waals surface area contributed by atoms with Gasteiger partial charge < -0.3 is 14.3 Å². The van der Waals surface area contributed by atoms with Gasteiger partial charge in [0.05, 0.1) is 0 Å². The number of rotatable bonds is 3. The molecule has 162 valence electrons. The zero-order valence-electron chi connectivity index (χ0n) is 17.5. The first-order chi connectivity index (χ1) is 15.0. The number of anilines is 2. The van der Waals surface area contributed by atoms with Crippen molar-refractivity contribution in [3.63, 3.8) is 0 Å². The Morgan fingerprint density at radius 2 is 1.74 bits per heavy atom. The summed E-state index contributed by atoms with van der Waals surface area (Å²) in [6, 6.07) is 10.2. The summed E-state index contributed by atoms with van der Waals surface area (Å²) in [6.45, 7) is 6.06. The molecule has 2 aliphatic heterocycles. The maximum Gasteiger partial charge on any atom is 0.324 e. The molecule has 4 heterocycles. The van der Waals surface area contributed by atoms with Crippen molar-refractivity contribution in [1.29, 1.82) is 0 Å². The van der Waals surface area contributed by atoms with Gasteiger partial charge in [-0.3, -0.25) is 4.98 Å². The van der Waals surface area contributed by atoms with Crippen LogP contribution in [0.2, 0.25) is 10.0 Å². The van der Waals surface area contributed by atoms with Crippen molar-refractivity contribution in [2.75, 3.05) is 36.0 Å². The number of aryl methyl sites for hydroxylation is 1. The van der Waals surface area contributed by atoms with Crippen LogP contribution in [0, 0.1) is 12.3 Å². The van der Waals surface area contributed by atoms with Crippen molar-refractivity contribution in [3.05, 3.63) is 52.3 Å². The van der Waals surface area contributed by atoms with E-state index in [1.54, 1.807) is 18.2 Å². The van der Waals surface area contributed by atoms with Crippen molar-refractivity contribution in [3.8, 4) is 11.4 Å². The molecule has 5 rings (SSSR count). The van der Waals surface area contributed by atoms with Crippen molar-refractivity contribution >= 4 is 34.9 Å². The van der Waals surface area contributed by atoms with Gasteiger partial charge in [-0.25, -0.2) is 0 Å². The molecule has 0 unspecified atom stereocenters. The van der Waals surface area contributed by atoms with E-state index in [4.69, 9.17) is 27.7 Å². The maximum absolute atomic E-state index is 6.13. The number of hydrogen-bond acceptors (Lipinski definition) is 6. The van der Waals surface area contributed by atoms with Gasteiger partial charge in [-0.15, -0.1) is 0 Å². The summed E-state index contributed by atoms with van der Waals surface area (Å²) < 4.78 is 5.64. The summed E-state index contributed by atoms with van der Waals surface area (Å²) in [6.07, 6.45) is 6.61. The second-order valence-electron chi connectivity index (χ2n) is 8.73. The molecule has 31 heavy (non-hydrogen) atoms. The average Bonchev–Trinajstić information content (AvgIpc) is 3.24. The summed E-state index contributed by atoms with van der Waals surface area (Å²) in [5.41, 5.74) is 3.40. The van der Waals surface area contributed by atoms with E-state index < -0.39 is 0 Å². The second-order valence-corrected chi connectivity index (χ2v) is 9.60. The van der Waals surface area contributed by atoms with Gasteiger partial charge in [0.15, 0.2) is 0 Å². The molecular weight excluding hydrogens is 433 g/mol. The number of aromatic nitrogens is 3. The highest BCUT2D eigenvalue weighted by atomic mass is 35.5. The molecule has 2 aliphatic rings. The van der Waals surface area contributed by atoms with Crippen LogP contribution < -0.4 is 9.80 Å². The Morgan fingerprint density at radius 3 is 2.48 bits per heavy atom. The fourth-order valence-corrected chi connectivity index (χ4v) is 5.42. The highest BCUT2D eigenvalue weighted by molar-refractivity contribution is 6.35. The predicted molar refractivity (Wildman–Crippen MR) is 124 cm³/mol. The van der Waals surface area contributed by atoms with E-state index >= 15 is 0 Å². The molecule has 0 saturated carbocycles. The molecule has 2 saturated heterocycles. The minimum Gasteiger partial charge on any atom is -0.371 e. The topological polar surface area (TPSA) is 58.3 Å². The second kappa shape index (κ2) is 8.32. The van der Waals surface area contributed by atoms with Crippen molar-refractivity contribution in [1.82, 2.24) is 15.1 Å². The van der Waals surface area contributed by atoms with E-state index in [-0.39, 0.29) is 0 Å². The van der Waals surface area contributed by atoms with Gasteiger partial charge in [-0.05, 0) is 68.4 Å². The fourth-order valence-electron chi connectivity index (χ4n) is 4.89. The zero-order chi connectivity index (χ0) is 21.4. The Kier molecular flexibility index (Phi) is 5.52. The molecule has 1 spiro atoms. The van der Waals surface area contributed by atoms with Crippen LogP contribution in [0.5, 0.6) is 0 Å². The van der Waals surface area contributed by atoms with Gasteiger partial charge in [0.2, 0.25) is 5.82 Å². The van der Waals surface area contributed by atoms with Crippen LogP contribution in [0.4, 0.5) is 11.7 Å². The first-order valence-corrected chi connectivity index (χ1v) is 11.5. The molecule has 0 atom stereocenters. The van der Waals surface area contributed by atoms with Crippen LogP contribution >= 0.6 is 23.2 Å². The van der Waals surface area contributed by atoms with Gasteiger partial charge in [0, 0.05) is 59.4 Å². The van der Waals surface area contributed by atoms with E-state index in [1.165, 1.54) is 12.1 Å². The van der Waals surface area contributed by atoms with Gasteiger partial charge >= 0.3 is 6.01 Å². The molecule has 8 heteroatoms. The minimum atomic E-state index is 0.296. The lowest BCUT2D eigenvalue weighted by Gasteiger charge is -2.47. The van der Waals surface area contributed by atoms with Crippen LogP contribution in [0.15, 0.2) is 41.1 Å². The molecular formula is C23H25Cl2N5O. The lowest BCUT2D eigenvalue weighted by molar-refractivity contribution is 0.174. The van der Waals surface area contributed by atoms with Crippen molar-refractivity contribution in [2.45, 2.75) is 32.6 Å². The molecule has 6 nitrogen and oxygen atoms in total. The number of piperidine rings is 2. The molecule has 0 amide bonds. The van der Waals surface area contributed by atoms with Gasteiger partial charge in [-0.2, -0.15) is 4.98 Å². The van der Waals surface area contributed by atoms with Gasteiger partial charge in [-0.1, -0.05) is 28.4 Å². The third-order valence-electron chi connectivity index (χ3n) is 6.54. The lowest BCUT2D eigenvalue weighted by Crippen LogP contribution is -2.50. The number of pyridine rings is 1. The van der Waals surface area contributed by atoms with Crippen LogP contribution in [0.25, 0.3) is 11.4 Å². The highest BCUT2D eigenvalue weighted by Crippen LogP contribution is 2.42. The van der Waals surface area contributed by atoms with Gasteiger partial charge in [0.25, 0.3) is 0 Å². The Balaban J connectivity index is 1.28. The number of nitrogens with zero attached hydrogens (tertiary/aromatic N) is 5. The number of halogens is 2. The first-order valence-electron chi connectivity index (χ1n) is 10.7. The summed E-state index contributed by atoms with van der Waals surface area (Å²) in [7, 11) is 0. The Hall–Kier alpha value is -2.31. The van der Waals surface area contributed by atoms with E-state index in [0.717, 1.165) is 56.7 Å². The molecule has 0 radical (unpaired) electrons. The molecule has 0 N–H and O–H groups in total. The van der Waals surface area contributed by atoms with Crippen LogP contribution in [0.3, 0.4) is 0 Å². The highest BCUT2D eigenvalue weighted by Gasteiger charge is 2.39. The summed E-state index contributed by atoms with van der Waals surface area (Å²) in [5, 5.41) is 5.29. The summed E-state index contributed by atoms with van der Waals surface area (Å²) in [5.74, 6) is 0.516. The maximum atomic E-state index is 6.13. The largest absolute Gasteiger partial charge is 0.371 e. The number of hydrogen-bond donors (Lipinski definition) is 0. The van der Waals surface area contributed by atoms with Crippen LogP contribution in [0.1, 0.15) is 31.4 Å². The molecule has 0 aliphatic carbocycles. The van der Waals surface area contributed by atoms with E-state index in [2.05, 4.69) is 37.1 Å². The van der Waals surface area contributed by atoms with E-state index in [1.807, 2.05) is 13.1 Å². The standard InChI is InChI=1S/C23H25Cl2N5O/c1-16-11-20(3-7-26-16)29-9-5-23(6-10-29)4-2-8-30(15-23)22-27-21(28-31-22)17-12-18(24)14-19(25)13-17/h3,7,11-14H,2,4-6,8-10,15H2,1H3. The Morgan fingerprint density at radius 1 is 0.968 bits per heavy atom. The minimum absolute atomic E-state index is 0.296.